The Bertz CT molecular complexity index is 2350. The second-order valence-electron chi connectivity index (χ2n) is 14.9. The number of carboxylic acid groups (broad SMARTS) is 2. The molecule has 3 N–H and O–H groups in total. The third kappa shape index (κ3) is 9.61. The fourth-order valence-electron chi connectivity index (χ4n) is 7.50. The van der Waals surface area contributed by atoms with E-state index in [1.165, 1.54) is 31.9 Å². The first kappa shape index (κ1) is 38.7. The number of nitrogens with zero attached hydrogens (tertiary/aromatic N) is 2. The molecule has 1 aromatic heterocycles. The summed E-state index contributed by atoms with van der Waals surface area (Å²) in [5.41, 5.74) is 9.49. The Labute approximate surface area is 336 Å². The first-order valence-corrected chi connectivity index (χ1v) is 20.6. The van der Waals surface area contributed by atoms with Crippen LogP contribution in [0.2, 0.25) is 0 Å². The Kier molecular flexibility index (Phi) is 12.1. The summed E-state index contributed by atoms with van der Waals surface area (Å²) in [6, 6.07) is 33.9. The number of nitrogens with one attached hydrogen (secondary N) is 2. The van der Waals surface area contributed by atoms with Crippen LogP contribution in [0.3, 0.4) is 0 Å². The molecule has 2 amide bonds. The molecule has 286 valence electrons. The van der Waals surface area contributed by atoms with Crippen LogP contribution in [-0.4, -0.2) is 36.9 Å². The lowest BCUT2D eigenvalue weighted by Gasteiger charge is -2.30. The first-order valence-electron chi connectivity index (χ1n) is 19.0. The van der Waals surface area contributed by atoms with E-state index in [1.807, 2.05) is 24.3 Å². The van der Waals surface area contributed by atoms with E-state index in [4.69, 9.17) is 5.11 Å². The van der Waals surface area contributed by atoms with Crippen LogP contribution in [0.1, 0.15) is 44.5 Å². The summed E-state index contributed by atoms with van der Waals surface area (Å²) in [6.45, 7) is 6.71. The van der Waals surface area contributed by atoms with E-state index in [-0.39, 0.29) is 5.41 Å². The molecule has 56 heavy (non-hydrogen) atoms. The molecule has 0 atom stereocenters. The topological polar surface area (TPSA) is 109 Å². The molecule has 0 saturated heterocycles. The summed E-state index contributed by atoms with van der Waals surface area (Å²) in [7, 11) is 0. The fraction of sp³-hybridized carbons (Fsp3) is 0.239. The minimum Gasteiger partial charge on any atom is -0.530 e. The molecule has 0 radical (unpaired) electrons. The minimum atomic E-state index is -1.25. The third-order valence-electron chi connectivity index (χ3n) is 9.93. The van der Waals surface area contributed by atoms with Gasteiger partial charge in [-0.2, -0.15) is 4.57 Å². The van der Waals surface area contributed by atoms with Crippen LogP contribution in [0.4, 0.5) is 15.3 Å². The van der Waals surface area contributed by atoms with Crippen LogP contribution in [0, 0.1) is 5.41 Å². The van der Waals surface area contributed by atoms with E-state index in [0.29, 0.717) is 39.0 Å². The summed E-state index contributed by atoms with van der Waals surface area (Å²) < 4.78 is 3.50. The number of rotatable bonds is 13. The van der Waals surface area contributed by atoms with Gasteiger partial charge in [-0.1, -0.05) is 122 Å². The van der Waals surface area contributed by atoms with Crippen LogP contribution < -0.4 is 25.2 Å². The van der Waals surface area contributed by atoms with Crippen molar-refractivity contribution in [2.24, 2.45) is 5.41 Å². The fourth-order valence-corrected chi connectivity index (χ4v) is 9.79. The maximum absolute atomic E-state index is 11.1. The Morgan fingerprint density at radius 3 is 2.29 bits per heavy atom. The highest BCUT2D eigenvalue weighted by atomic mass is 32.2. The molecule has 0 fully saturated rings. The number of fused-ring (bicyclic) bond motifs is 2. The molecule has 2 aliphatic rings. The van der Waals surface area contributed by atoms with E-state index in [1.54, 1.807) is 23.1 Å². The van der Waals surface area contributed by atoms with E-state index >= 15 is 0 Å². The smallest absolute Gasteiger partial charge is 0.404 e. The normalized spacial score (nSPS) is 16.4. The summed E-state index contributed by atoms with van der Waals surface area (Å²) in [5.74, 6) is 0. The van der Waals surface area contributed by atoms with Gasteiger partial charge in [0.05, 0.1) is 10.7 Å². The van der Waals surface area contributed by atoms with E-state index in [9.17, 15) is 14.7 Å². The lowest BCUT2D eigenvalue weighted by Crippen LogP contribution is -2.40. The van der Waals surface area contributed by atoms with Gasteiger partial charge in [0.2, 0.25) is 5.52 Å². The maximum Gasteiger partial charge on any atom is 0.404 e. The highest BCUT2D eigenvalue weighted by Gasteiger charge is 2.28. The van der Waals surface area contributed by atoms with Gasteiger partial charge in [-0.15, -0.1) is 0 Å². The van der Waals surface area contributed by atoms with Crippen molar-refractivity contribution in [3.8, 4) is 22.3 Å². The second kappa shape index (κ2) is 17.5. The number of carbonyl (C=O) groups is 2. The zero-order valence-corrected chi connectivity index (χ0v) is 33.3. The SMILES string of the molecule is CC1(C)CC(/C=C/C=C2\Sc3ccc(-c4ccccc4)cc3N2CCCNC(=O)O)=CC(=C/c2sc3cc(-c4ccccc4)ccc3[n+]2CCCNC(=O)[O-])/C1. The molecule has 8 nitrogen and oxygen atoms in total. The van der Waals surface area contributed by atoms with Gasteiger partial charge in [-0.25, -0.2) is 4.79 Å². The van der Waals surface area contributed by atoms with E-state index in [0.717, 1.165) is 45.2 Å². The van der Waals surface area contributed by atoms with E-state index in [2.05, 4.69) is 137 Å². The summed E-state index contributed by atoms with van der Waals surface area (Å²) in [5, 5.41) is 27.3. The number of amides is 2. The van der Waals surface area contributed by atoms with Crippen LogP contribution in [0.15, 0.2) is 142 Å². The van der Waals surface area contributed by atoms with E-state index < -0.39 is 12.2 Å². The lowest BCUT2D eigenvalue weighted by atomic mass is 9.75. The number of aromatic nitrogens is 1. The molecule has 1 aliphatic heterocycles. The van der Waals surface area contributed by atoms with Gasteiger partial charge in [0.15, 0.2) is 6.54 Å². The third-order valence-corrected chi connectivity index (χ3v) is 12.2. The molecule has 7 rings (SSSR count). The van der Waals surface area contributed by atoms with Gasteiger partial charge in [0, 0.05) is 43.1 Å². The Morgan fingerprint density at radius 2 is 1.57 bits per heavy atom. The summed E-state index contributed by atoms with van der Waals surface area (Å²) >= 11 is 3.51. The number of benzene rings is 4. The highest BCUT2D eigenvalue weighted by Crippen LogP contribution is 2.48. The van der Waals surface area contributed by atoms with Gasteiger partial charge < -0.3 is 30.5 Å². The van der Waals surface area contributed by atoms with Crippen molar-refractivity contribution in [3.05, 3.63) is 143 Å². The predicted octanol–water partition coefficient (Wildman–Crippen LogP) is 9.64. The van der Waals surface area contributed by atoms with Crippen molar-refractivity contribution in [1.29, 1.82) is 0 Å². The standard InChI is InChI=1S/C46H46N4O4S2/c1-46(2)30-32(12-9-17-42-50(25-11-23-48-45(53)54)39-28-36(19-21-40(39)55-42)34-13-5-3-6-14-34)26-33(31-46)27-43-49(24-10-22-47-44(51)52)38-20-18-37(29-41(38)56-43)35-15-7-4-8-16-35/h3-9,12-21,26-29,47-48H,10-11,22-25,30-31H2,1-2H3,(H-,51,52,53,54). The zero-order valence-electron chi connectivity index (χ0n) is 31.7. The first-order chi connectivity index (χ1) is 27.1. The van der Waals surface area contributed by atoms with Gasteiger partial charge in [-0.3, -0.25) is 0 Å². The predicted molar refractivity (Wildman–Crippen MR) is 227 cm³/mol. The summed E-state index contributed by atoms with van der Waals surface area (Å²) in [6.07, 6.45) is 12.1. The number of thioether (sulfide) groups is 1. The van der Waals surface area contributed by atoms with Gasteiger partial charge in [0.1, 0.15) is 10.8 Å². The van der Waals surface area contributed by atoms with Crippen LogP contribution >= 0.6 is 23.1 Å². The number of aryl methyl sites for hydroxylation is 1. The average Bonchev–Trinajstić information content (AvgIpc) is 3.70. The molecule has 4 aromatic carbocycles. The quantitative estimate of drug-likeness (QED) is 0.0811. The molecule has 0 unspecified atom stereocenters. The molecule has 0 spiro atoms. The molecule has 10 heteroatoms. The van der Waals surface area contributed by atoms with Crippen LogP contribution in [0.5, 0.6) is 0 Å². The lowest BCUT2D eigenvalue weighted by molar-refractivity contribution is -0.669. The number of thiazole rings is 1. The van der Waals surface area contributed by atoms with Crippen molar-refractivity contribution < 1.29 is 24.4 Å². The van der Waals surface area contributed by atoms with Crippen molar-refractivity contribution in [1.82, 2.24) is 10.6 Å². The Balaban J connectivity index is 1.17. The minimum absolute atomic E-state index is 0.0587. The second-order valence-corrected chi connectivity index (χ2v) is 17.0. The van der Waals surface area contributed by atoms with Gasteiger partial charge >= 0.3 is 6.09 Å². The molecular formula is C46H46N4O4S2. The number of carbonyl (C=O) groups excluding carboxylic acids is 1. The Hall–Kier alpha value is -5.58. The molecule has 2 heterocycles. The summed E-state index contributed by atoms with van der Waals surface area (Å²) in [4.78, 5) is 25.7. The molecule has 1 aliphatic carbocycles. The van der Waals surface area contributed by atoms with Crippen molar-refractivity contribution in [2.75, 3.05) is 24.5 Å². The number of allylic oxidation sites excluding steroid dienone is 6. The van der Waals surface area contributed by atoms with Crippen LogP contribution in [-0.2, 0) is 6.54 Å². The van der Waals surface area contributed by atoms with Crippen LogP contribution in [0.25, 0.3) is 38.5 Å². The molecule has 0 bridgehead atoms. The maximum atomic E-state index is 11.1. The largest absolute Gasteiger partial charge is 0.530 e. The number of hydrogen-bond acceptors (Lipinski definition) is 6. The average molecular weight is 783 g/mol. The van der Waals surface area contributed by atoms with Crippen molar-refractivity contribution in [2.45, 2.75) is 51.0 Å². The van der Waals surface area contributed by atoms with Gasteiger partial charge in [0.25, 0.3) is 5.01 Å². The Morgan fingerprint density at radius 1 is 0.875 bits per heavy atom. The molecule has 5 aromatic rings. The van der Waals surface area contributed by atoms with Crippen molar-refractivity contribution in [3.63, 3.8) is 0 Å². The van der Waals surface area contributed by atoms with Gasteiger partial charge in [-0.05, 0) is 88.4 Å². The highest BCUT2D eigenvalue weighted by molar-refractivity contribution is 8.03. The number of hydrogen-bond donors (Lipinski definition) is 3. The van der Waals surface area contributed by atoms with Crippen molar-refractivity contribution >= 4 is 57.3 Å². The zero-order chi connectivity index (χ0) is 39.1. The number of anilines is 1. The molecular weight excluding hydrogens is 737 g/mol. The molecule has 0 saturated carbocycles. The monoisotopic (exact) mass is 782 g/mol.